The summed E-state index contributed by atoms with van der Waals surface area (Å²) in [7, 11) is 0. The minimum Gasteiger partial charge on any atom is -0.508 e. The molecule has 0 saturated heterocycles. The molecule has 8 heteroatoms. The molecule has 114 valence electrons. The fourth-order valence-corrected chi connectivity index (χ4v) is 2.20. The zero-order chi connectivity index (χ0) is 16.6. The second-order valence-corrected chi connectivity index (χ2v) is 4.81. The van der Waals surface area contributed by atoms with Crippen molar-refractivity contribution in [3.05, 3.63) is 35.6 Å². The van der Waals surface area contributed by atoms with E-state index in [2.05, 4.69) is 20.5 Å². The number of H-pyrrole nitrogens is 1. The van der Waals surface area contributed by atoms with Crippen LogP contribution in [0.4, 0.5) is 10.2 Å². The van der Waals surface area contributed by atoms with Crippen LogP contribution in [-0.4, -0.2) is 26.2 Å². The summed E-state index contributed by atoms with van der Waals surface area (Å²) in [5.74, 6) is -0.991. The first kappa shape index (κ1) is 14.5. The predicted octanol–water partition coefficient (Wildman–Crippen LogP) is 2.30. The minimum atomic E-state index is -0.699. The van der Waals surface area contributed by atoms with Crippen molar-refractivity contribution in [2.75, 3.05) is 5.32 Å². The van der Waals surface area contributed by atoms with Crippen LogP contribution in [0.25, 0.3) is 22.3 Å². The van der Waals surface area contributed by atoms with Crippen LogP contribution in [-0.2, 0) is 4.79 Å². The Labute approximate surface area is 129 Å². The van der Waals surface area contributed by atoms with Gasteiger partial charge in [0.05, 0.1) is 16.6 Å². The van der Waals surface area contributed by atoms with Crippen LogP contribution in [0.5, 0.6) is 5.75 Å². The number of hydrogen-bond acceptors (Lipinski definition) is 5. The average Bonchev–Trinajstić information content (AvgIpc) is 2.87. The van der Waals surface area contributed by atoms with Gasteiger partial charge in [-0.3, -0.25) is 9.89 Å². The van der Waals surface area contributed by atoms with Gasteiger partial charge in [-0.15, -0.1) is 0 Å². The molecule has 7 nitrogen and oxygen atoms in total. The Kier molecular flexibility index (Phi) is 3.38. The summed E-state index contributed by atoms with van der Waals surface area (Å²) >= 11 is 0. The molecule has 2 aromatic heterocycles. The highest BCUT2D eigenvalue weighted by Crippen LogP contribution is 2.30. The molecule has 0 atom stereocenters. The Bertz CT molecular complexity index is 974. The van der Waals surface area contributed by atoms with E-state index in [9.17, 15) is 19.6 Å². The molecule has 0 fully saturated rings. The van der Waals surface area contributed by atoms with Crippen LogP contribution in [0, 0.1) is 17.1 Å². The number of carbonyl (C=O) groups excluding carboxylic acids is 1. The van der Waals surface area contributed by atoms with Gasteiger partial charge in [-0.2, -0.15) is 10.4 Å². The summed E-state index contributed by atoms with van der Waals surface area (Å²) in [5, 5.41) is 28.1. The number of aromatic nitrogens is 3. The highest BCUT2D eigenvalue weighted by atomic mass is 19.1. The van der Waals surface area contributed by atoms with Gasteiger partial charge in [0.15, 0.2) is 11.5 Å². The molecule has 0 aliphatic rings. The number of aromatic hydroxyl groups is 1. The third kappa shape index (κ3) is 2.55. The van der Waals surface area contributed by atoms with Crippen molar-refractivity contribution < 1.29 is 14.3 Å². The molecule has 0 unspecified atom stereocenters. The summed E-state index contributed by atoms with van der Waals surface area (Å²) in [5.41, 5.74) is 0.623. The molecule has 1 amide bonds. The molecule has 0 saturated carbocycles. The standard InChI is InChI=1S/C15H10FN5O2/c1-7(22)18-14-11-4-8(6-17)13(19-15(11)21-20-14)10-3-2-9(23)5-12(10)16/h2-5,23H,1H3,(H2,18,19,20,21,22). The number of aromatic amines is 1. The van der Waals surface area contributed by atoms with Crippen molar-refractivity contribution in [3.63, 3.8) is 0 Å². The maximum atomic E-state index is 14.0. The van der Waals surface area contributed by atoms with Crippen molar-refractivity contribution >= 4 is 22.8 Å². The van der Waals surface area contributed by atoms with E-state index in [1.807, 2.05) is 6.07 Å². The third-order valence-electron chi connectivity index (χ3n) is 3.17. The third-order valence-corrected chi connectivity index (χ3v) is 3.17. The SMILES string of the molecule is CC(=O)Nc1n[nH]c2nc(-c3ccc(O)cc3F)c(C#N)cc12. The molecule has 0 aliphatic carbocycles. The number of pyridine rings is 1. The van der Waals surface area contributed by atoms with Crippen molar-refractivity contribution in [2.24, 2.45) is 0 Å². The van der Waals surface area contributed by atoms with E-state index in [1.165, 1.54) is 25.1 Å². The summed E-state index contributed by atoms with van der Waals surface area (Å²) < 4.78 is 14.0. The Balaban J connectivity index is 2.22. The zero-order valence-electron chi connectivity index (χ0n) is 11.9. The number of phenols is 1. The lowest BCUT2D eigenvalue weighted by atomic mass is 10.0. The average molecular weight is 311 g/mol. The smallest absolute Gasteiger partial charge is 0.222 e. The summed E-state index contributed by atoms with van der Waals surface area (Å²) in [4.78, 5) is 15.4. The van der Waals surface area contributed by atoms with Gasteiger partial charge in [-0.05, 0) is 18.2 Å². The van der Waals surface area contributed by atoms with Crippen molar-refractivity contribution in [2.45, 2.75) is 6.92 Å². The number of hydrogen-bond donors (Lipinski definition) is 3. The topological polar surface area (TPSA) is 115 Å². The first-order chi connectivity index (χ1) is 11.0. The number of nitriles is 1. The number of benzene rings is 1. The Morgan fingerprint density at radius 2 is 2.22 bits per heavy atom. The quantitative estimate of drug-likeness (QED) is 0.671. The van der Waals surface area contributed by atoms with Crippen LogP contribution in [0.15, 0.2) is 24.3 Å². The Morgan fingerprint density at radius 1 is 1.43 bits per heavy atom. The van der Waals surface area contributed by atoms with Crippen molar-refractivity contribution in [3.8, 4) is 23.1 Å². The molecule has 0 aliphatic heterocycles. The van der Waals surface area contributed by atoms with Gasteiger partial charge >= 0.3 is 0 Å². The lowest BCUT2D eigenvalue weighted by Gasteiger charge is -2.06. The summed E-state index contributed by atoms with van der Waals surface area (Å²) in [6.45, 7) is 1.33. The highest BCUT2D eigenvalue weighted by molar-refractivity contribution is 5.98. The van der Waals surface area contributed by atoms with Gasteiger partial charge in [0.25, 0.3) is 0 Å². The minimum absolute atomic E-state index is 0.0805. The van der Waals surface area contributed by atoms with Gasteiger partial charge in [0.2, 0.25) is 5.91 Å². The van der Waals surface area contributed by atoms with E-state index in [-0.39, 0.29) is 34.3 Å². The van der Waals surface area contributed by atoms with E-state index in [4.69, 9.17) is 0 Å². The van der Waals surface area contributed by atoms with Gasteiger partial charge in [0.1, 0.15) is 17.6 Å². The fourth-order valence-electron chi connectivity index (χ4n) is 2.20. The number of anilines is 1. The monoisotopic (exact) mass is 311 g/mol. The number of fused-ring (bicyclic) bond motifs is 1. The normalized spacial score (nSPS) is 10.5. The fraction of sp³-hybridized carbons (Fsp3) is 0.0667. The maximum Gasteiger partial charge on any atom is 0.222 e. The summed E-state index contributed by atoms with van der Waals surface area (Å²) in [6, 6.07) is 7.01. The molecule has 3 N–H and O–H groups in total. The van der Waals surface area contributed by atoms with Crippen molar-refractivity contribution in [1.29, 1.82) is 5.26 Å². The van der Waals surface area contributed by atoms with Gasteiger partial charge in [-0.1, -0.05) is 0 Å². The number of carbonyl (C=O) groups is 1. The molecule has 0 radical (unpaired) electrons. The van der Waals surface area contributed by atoms with Gasteiger partial charge < -0.3 is 10.4 Å². The first-order valence-corrected chi connectivity index (χ1v) is 6.55. The van der Waals surface area contributed by atoms with E-state index >= 15 is 0 Å². The van der Waals surface area contributed by atoms with E-state index in [0.29, 0.717) is 11.0 Å². The second kappa shape index (κ2) is 5.38. The molecule has 3 aromatic rings. The number of halogens is 1. The highest BCUT2D eigenvalue weighted by Gasteiger charge is 2.17. The lowest BCUT2D eigenvalue weighted by Crippen LogP contribution is -2.06. The van der Waals surface area contributed by atoms with Gasteiger partial charge in [-0.25, -0.2) is 9.37 Å². The Hall–Kier alpha value is -3.47. The van der Waals surface area contributed by atoms with Crippen LogP contribution >= 0.6 is 0 Å². The largest absolute Gasteiger partial charge is 0.508 e. The van der Waals surface area contributed by atoms with Gasteiger partial charge in [0, 0.05) is 18.6 Å². The Morgan fingerprint density at radius 3 is 2.87 bits per heavy atom. The number of nitrogens with zero attached hydrogens (tertiary/aromatic N) is 3. The van der Waals surface area contributed by atoms with Crippen LogP contribution < -0.4 is 5.32 Å². The van der Waals surface area contributed by atoms with Crippen molar-refractivity contribution in [1.82, 2.24) is 15.2 Å². The number of rotatable bonds is 2. The molecular weight excluding hydrogens is 301 g/mol. The molecule has 0 spiro atoms. The molecule has 2 heterocycles. The summed E-state index contributed by atoms with van der Waals surface area (Å²) in [6.07, 6.45) is 0. The predicted molar refractivity (Wildman–Crippen MR) is 80.0 cm³/mol. The lowest BCUT2D eigenvalue weighted by molar-refractivity contribution is -0.114. The van der Waals surface area contributed by atoms with Crippen LogP contribution in [0.3, 0.4) is 0 Å². The van der Waals surface area contributed by atoms with E-state index < -0.39 is 5.82 Å². The molecule has 0 bridgehead atoms. The maximum absolute atomic E-state index is 14.0. The van der Waals surface area contributed by atoms with E-state index in [0.717, 1.165) is 6.07 Å². The molecule has 1 aromatic carbocycles. The zero-order valence-corrected chi connectivity index (χ0v) is 11.9. The molecule has 3 rings (SSSR count). The van der Waals surface area contributed by atoms with E-state index in [1.54, 1.807) is 0 Å². The van der Waals surface area contributed by atoms with Crippen LogP contribution in [0.1, 0.15) is 12.5 Å². The van der Waals surface area contributed by atoms with Crippen LogP contribution in [0.2, 0.25) is 0 Å². The first-order valence-electron chi connectivity index (χ1n) is 6.55. The second-order valence-electron chi connectivity index (χ2n) is 4.81. The number of nitrogens with one attached hydrogen (secondary N) is 2. The number of phenolic OH excluding ortho intramolecular Hbond substituents is 1. The molecular formula is C15H10FN5O2. The number of amides is 1. The molecule has 23 heavy (non-hydrogen) atoms.